The highest BCUT2D eigenvalue weighted by Gasteiger charge is 2.25. The Hall–Kier alpha value is -4.54. The standard InChI is InChI=1S/C20H21N5.C13H15N5/c1-2-4-14(5-3-1)13-25-10-7-15(8-11-25)19-18-16-6-9-21-20(16)22-12-17(18)23-24-19;1-4-14-5-2-8(1)12-11-9-3-6-15-13(9)16-7-10(11)17-18-12/h1-6,9,12,15,23-24H,7-8,10-11,13H2;3,6-8,14,17-18H,1-2,4-5H2. The Kier molecular flexibility index (Phi) is 6.85. The minimum Gasteiger partial charge on any atom is -0.317 e. The van der Waals surface area contributed by atoms with Crippen LogP contribution in [0.2, 0.25) is 0 Å². The lowest BCUT2D eigenvalue weighted by Crippen LogP contribution is -2.32. The summed E-state index contributed by atoms with van der Waals surface area (Å²) < 4.78 is 0. The zero-order chi connectivity index (χ0) is 28.6. The van der Waals surface area contributed by atoms with Crippen LogP contribution < -0.4 is 5.32 Å². The predicted octanol–water partition coefficient (Wildman–Crippen LogP) is 5.73. The van der Waals surface area contributed by atoms with E-state index in [2.05, 4.69) is 93.0 Å². The van der Waals surface area contributed by atoms with Crippen LogP contribution >= 0.6 is 0 Å². The van der Waals surface area contributed by atoms with Crippen LogP contribution in [0.4, 0.5) is 0 Å². The first-order chi connectivity index (χ1) is 21.3. The van der Waals surface area contributed by atoms with E-state index in [-0.39, 0.29) is 0 Å². The molecule has 2 saturated heterocycles. The van der Waals surface area contributed by atoms with Crippen LogP contribution in [0.5, 0.6) is 0 Å². The summed E-state index contributed by atoms with van der Waals surface area (Å²) in [4.78, 5) is 20.0. The number of aromatic amines is 4. The highest BCUT2D eigenvalue weighted by atomic mass is 15.1. The van der Waals surface area contributed by atoms with Gasteiger partial charge in [-0.1, -0.05) is 30.3 Å². The Labute approximate surface area is 248 Å². The van der Waals surface area contributed by atoms with Gasteiger partial charge in [-0.25, -0.2) is 19.9 Å². The molecule has 1 aromatic carbocycles. The quantitative estimate of drug-likeness (QED) is 0.183. The highest BCUT2D eigenvalue weighted by Crippen LogP contribution is 2.35. The molecular formula is C33H36N10. The molecule has 2 fully saturated rings. The lowest BCUT2D eigenvalue weighted by atomic mass is 9.91. The average molecular weight is 573 g/mol. The first-order valence-corrected chi connectivity index (χ1v) is 15.4. The number of aromatic nitrogens is 8. The fraction of sp³-hybridized carbons (Fsp3) is 0.333. The number of likely N-dealkylation sites (tertiary alicyclic amines) is 1. The third-order valence-corrected chi connectivity index (χ3v) is 9.26. The fourth-order valence-electron chi connectivity index (χ4n) is 7.03. The largest absolute Gasteiger partial charge is 0.317 e. The minimum atomic E-state index is 0.557. The van der Waals surface area contributed by atoms with Crippen molar-refractivity contribution in [2.45, 2.75) is 44.1 Å². The van der Waals surface area contributed by atoms with Crippen molar-refractivity contribution in [3.8, 4) is 0 Å². The Bertz CT molecular complexity index is 1970. The van der Waals surface area contributed by atoms with E-state index >= 15 is 0 Å². The van der Waals surface area contributed by atoms with Crippen LogP contribution in [0.25, 0.3) is 43.9 Å². The van der Waals surface area contributed by atoms with Crippen LogP contribution in [0.15, 0.2) is 67.3 Å². The number of hydrogen-bond donors (Lipinski definition) is 5. The number of nitrogens with one attached hydrogen (secondary N) is 5. The van der Waals surface area contributed by atoms with Crippen molar-refractivity contribution in [1.82, 2.24) is 50.5 Å². The van der Waals surface area contributed by atoms with Gasteiger partial charge in [-0.15, -0.1) is 0 Å². The SMILES string of the molecule is c1cc2c(n1)ncc1[nH][nH]c(C3CCNCC3)c12.c1ccc(CN2CCC(c3[nH][nH]c4cnc5nccc5c34)CC2)cc1. The highest BCUT2D eigenvalue weighted by molar-refractivity contribution is 6.05. The number of hydrogen-bond acceptors (Lipinski definition) is 6. The second-order valence-corrected chi connectivity index (χ2v) is 11.8. The van der Waals surface area contributed by atoms with Gasteiger partial charge < -0.3 is 15.5 Å². The van der Waals surface area contributed by atoms with Gasteiger partial charge in [-0.2, -0.15) is 0 Å². The summed E-state index contributed by atoms with van der Waals surface area (Å²) in [6.45, 7) is 5.50. The third-order valence-electron chi connectivity index (χ3n) is 9.26. The first kappa shape index (κ1) is 26.1. The average Bonchev–Trinajstić information content (AvgIpc) is 3.87. The second kappa shape index (κ2) is 11.3. The molecular weight excluding hydrogens is 536 g/mol. The summed E-state index contributed by atoms with van der Waals surface area (Å²) in [5.41, 5.74) is 7.84. The zero-order valence-corrected chi connectivity index (χ0v) is 24.1. The Balaban J connectivity index is 0.000000136. The van der Waals surface area contributed by atoms with Crippen molar-refractivity contribution >= 4 is 43.9 Å². The van der Waals surface area contributed by atoms with E-state index in [9.17, 15) is 0 Å². The Morgan fingerprint density at radius 2 is 1.19 bits per heavy atom. The van der Waals surface area contributed by atoms with Crippen molar-refractivity contribution < 1.29 is 0 Å². The molecule has 6 aromatic heterocycles. The second-order valence-electron chi connectivity index (χ2n) is 11.8. The van der Waals surface area contributed by atoms with Crippen molar-refractivity contribution in [1.29, 1.82) is 0 Å². The molecule has 0 amide bonds. The number of nitrogens with zero attached hydrogens (tertiary/aromatic N) is 5. The number of piperidine rings is 2. The lowest BCUT2D eigenvalue weighted by Gasteiger charge is -2.31. The summed E-state index contributed by atoms with van der Waals surface area (Å²) in [7, 11) is 0. The van der Waals surface area contributed by atoms with E-state index in [4.69, 9.17) is 0 Å². The summed E-state index contributed by atoms with van der Waals surface area (Å²) >= 11 is 0. The molecule has 0 bridgehead atoms. The zero-order valence-electron chi connectivity index (χ0n) is 24.1. The van der Waals surface area contributed by atoms with Crippen LogP contribution in [0.3, 0.4) is 0 Å². The summed E-state index contributed by atoms with van der Waals surface area (Å²) in [5.74, 6) is 1.15. The van der Waals surface area contributed by atoms with Gasteiger partial charge in [0.05, 0.1) is 23.4 Å². The van der Waals surface area contributed by atoms with E-state index in [0.29, 0.717) is 11.8 Å². The maximum absolute atomic E-state index is 4.42. The molecule has 0 saturated carbocycles. The molecule has 5 N–H and O–H groups in total. The molecule has 2 aliphatic heterocycles. The molecule has 0 unspecified atom stereocenters. The molecule has 0 radical (unpaired) electrons. The molecule has 0 aliphatic carbocycles. The monoisotopic (exact) mass is 572 g/mol. The van der Waals surface area contributed by atoms with Crippen molar-refractivity contribution in [3.63, 3.8) is 0 Å². The van der Waals surface area contributed by atoms with Gasteiger partial charge in [-0.3, -0.25) is 15.1 Å². The maximum Gasteiger partial charge on any atom is 0.159 e. The van der Waals surface area contributed by atoms with Crippen molar-refractivity contribution in [2.24, 2.45) is 0 Å². The molecule has 10 nitrogen and oxygen atoms in total. The number of benzene rings is 1. The molecule has 2 aliphatic rings. The molecule has 8 heterocycles. The molecule has 7 aromatic rings. The molecule has 9 rings (SSSR count). The molecule has 10 heteroatoms. The van der Waals surface area contributed by atoms with E-state index in [0.717, 1.165) is 65.8 Å². The number of H-pyrrole nitrogens is 4. The van der Waals surface area contributed by atoms with Crippen molar-refractivity contribution in [3.05, 3.63) is 84.2 Å². The van der Waals surface area contributed by atoms with Gasteiger partial charge in [0, 0.05) is 63.7 Å². The number of fused-ring (bicyclic) bond motifs is 6. The Morgan fingerprint density at radius 1 is 0.628 bits per heavy atom. The number of rotatable bonds is 4. The summed E-state index contributed by atoms with van der Waals surface area (Å²) in [6.07, 6.45) is 12.1. The topological polar surface area (TPSA) is 130 Å². The molecule has 0 spiro atoms. The van der Waals surface area contributed by atoms with Crippen LogP contribution in [-0.2, 0) is 6.54 Å². The molecule has 0 atom stereocenters. The van der Waals surface area contributed by atoms with Crippen LogP contribution in [0, 0.1) is 0 Å². The van der Waals surface area contributed by atoms with E-state index in [1.807, 2.05) is 24.8 Å². The van der Waals surface area contributed by atoms with Crippen molar-refractivity contribution in [2.75, 3.05) is 26.2 Å². The summed E-state index contributed by atoms with van der Waals surface area (Å²) in [5, 5.41) is 21.5. The van der Waals surface area contributed by atoms with Gasteiger partial charge >= 0.3 is 0 Å². The number of pyridine rings is 2. The van der Waals surface area contributed by atoms with Gasteiger partial charge in [0.1, 0.15) is 0 Å². The van der Waals surface area contributed by atoms with E-state index in [1.54, 1.807) is 0 Å². The van der Waals surface area contributed by atoms with Crippen LogP contribution in [-0.4, -0.2) is 71.4 Å². The normalized spacial score (nSPS) is 17.2. The molecule has 43 heavy (non-hydrogen) atoms. The third kappa shape index (κ3) is 4.96. The van der Waals surface area contributed by atoms with Gasteiger partial charge in [0.2, 0.25) is 0 Å². The van der Waals surface area contributed by atoms with Gasteiger partial charge in [-0.05, 0) is 69.6 Å². The maximum atomic E-state index is 4.42. The fourth-order valence-corrected chi connectivity index (χ4v) is 7.03. The Morgan fingerprint density at radius 3 is 1.77 bits per heavy atom. The predicted molar refractivity (Wildman–Crippen MR) is 170 cm³/mol. The smallest absolute Gasteiger partial charge is 0.159 e. The lowest BCUT2D eigenvalue weighted by molar-refractivity contribution is 0.203. The van der Waals surface area contributed by atoms with Gasteiger partial charge in [0.25, 0.3) is 0 Å². The molecule has 218 valence electrons. The van der Waals surface area contributed by atoms with Gasteiger partial charge in [0.15, 0.2) is 11.3 Å². The van der Waals surface area contributed by atoms with E-state index in [1.165, 1.54) is 53.4 Å². The van der Waals surface area contributed by atoms with Crippen LogP contribution in [0.1, 0.15) is 54.5 Å². The summed E-state index contributed by atoms with van der Waals surface area (Å²) in [6, 6.07) is 14.9. The van der Waals surface area contributed by atoms with E-state index < -0.39 is 0 Å². The first-order valence-electron chi connectivity index (χ1n) is 15.4. The minimum absolute atomic E-state index is 0.557.